The molecule has 1 aliphatic rings. The topological polar surface area (TPSA) is 105 Å². The Morgan fingerprint density at radius 1 is 1.31 bits per heavy atom. The van der Waals surface area contributed by atoms with Gasteiger partial charge in [-0.3, -0.25) is 4.79 Å². The predicted molar refractivity (Wildman–Crippen MR) is 94.1 cm³/mol. The summed E-state index contributed by atoms with van der Waals surface area (Å²) in [7, 11) is -1.32. The summed E-state index contributed by atoms with van der Waals surface area (Å²) in [5.41, 5.74) is 1.19. The van der Waals surface area contributed by atoms with Crippen molar-refractivity contribution in [2.24, 2.45) is 0 Å². The van der Waals surface area contributed by atoms with E-state index in [0.717, 1.165) is 0 Å². The van der Waals surface area contributed by atoms with E-state index in [2.05, 4.69) is 5.32 Å². The van der Waals surface area contributed by atoms with Crippen LogP contribution in [-0.4, -0.2) is 41.7 Å². The number of benzene rings is 2. The molecule has 1 amide bonds. The van der Waals surface area contributed by atoms with Gasteiger partial charge in [-0.05, 0) is 43.2 Å². The predicted octanol–water partition coefficient (Wildman–Crippen LogP) is 1.32. The van der Waals surface area contributed by atoms with Crippen molar-refractivity contribution in [2.45, 2.75) is 19.3 Å². The summed E-state index contributed by atoms with van der Waals surface area (Å²) in [5.74, 6) is -1.43. The number of rotatable bonds is 4. The van der Waals surface area contributed by atoms with Gasteiger partial charge in [-0.25, -0.2) is 4.79 Å². The molecule has 0 spiro atoms. The molecule has 1 heterocycles. The molecule has 7 nitrogen and oxygen atoms in total. The van der Waals surface area contributed by atoms with E-state index in [9.17, 15) is 19.7 Å². The number of para-hydroxylation sites is 1. The molecule has 0 aromatic heterocycles. The summed E-state index contributed by atoms with van der Waals surface area (Å²) >= 11 is 0. The Kier molecular flexibility index (Phi) is 5.13. The van der Waals surface area contributed by atoms with E-state index in [1.165, 1.54) is 12.1 Å². The maximum absolute atomic E-state index is 12.3. The number of aromatic hydroxyl groups is 1. The maximum Gasteiger partial charge on any atom is 0.547 e. The molecule has 2 aromatic carbocycles. The second kappa shape index (κ2) is 7.49. The van der Waals surface area contributed by atoms with Gasteiger partial charge >= 0.3 is 13.1 Å². The molecule has 0 aliphatic carbocycles. The van der Waals surface area contributed by atoms with E-state index in [-0.39, 0.29) is 35.7 Å². The molecular formula is C18H18BNO6. The number of hydrogen-bond acceptors (Lipinski definition) is 6. The third-order valence-electron chi connectivity index (χ3n) is 4.04. The Labute approximate surface area is 150 Å². The first kappa shape index (κ1) is 17.8. The highest BCUT2D eigenvalue weighted by molar-refractivity contribution is 6.47. The fraction of sp³-hybridized carbons (Fsp3) is 0.222. The van der Waals surface area contributed by atoms with Gasteiger partial charge in [0.05, 0.1) is 12.5 Å². The van der Waals surface area contributed by atoms with Gasteiger partial charge in [0.25, 0.3) is 5.91 Å². The largest absolute Gasteiger partial charge is 0.547 e. The smallest absolute Gasteiger partial charge is 0.534 e. The minimum absolute atomic E-state index is 0.0254. The highest BCUT2D eigenvalue weighted by atomic mass is 16.5. The van der Waals surface area contributed by atoms with Crippen molar-refractivity contribution in [3.05, 3.63) is 59.2 Å². The van der Waals surface area contributed by atoms with Crippen molar-refractivity contribution in [2.75, 3.05) is 6.61 Å². The Balaban J connectivity index is 1.79. The minimum Gasteiger partial charge on any atom is -0.534 e. The number of hydrogen-bond donors (Lipinski definition) is 3. The molecule has 0 bridgehead atoms. The number of phenols is 1. The number of esters is 1. The average Bonchev–Trinajstić information content (AvgIpc) is 2.62. The van der Waals surface area contributed by atoms with Crippen LogP contribution in [0.1, 0.15) is 33.2 Å². The zero-order valence-electron chi connectivity index (χ0n) is 14.1. The molecule has 3 rings (SSSR count). The number of phenolic OH excluding ortho intramolecular Hbond substituents is 1. The summed E-state index contributed by atoms with van der Waals surface area (Å²) in [5, 5.41) is 22.4. The van der Waals surface area contributed by atoms with Gasteiger partial charge in [0, 0.05) is 5.56 Å². The van der Waals surface area contributed by atoms with Crippen LogP contribution < -0.4 is 9.97 Å². The average molecular weight is 355 g/mol. The molecule has 0 saturated carbocycles. The molecule has 0 unspecified atom stereocenters. The van der Waals surface area contributed by atoms with Crippen LogP contribution >= 0.6 is 0 Å². The second-order valence-electron chi connectivity index (χ2n) is 5.86. The zero-order valence-corrected chi connectivity index (χ0v) is 14.1. The van der Waals surface area contributed by atoms with E-state index in [0.29, 0.717) is 5.56 Å². The molecule has 8 heteroatoms. The third kappa shape index (κ3) is 3.65. The fourth-order valence-corrected chi connectivity index (χ4v) is 2.82. The van der Waals surface area contributed by atoms with Gasteiger partial charge in [-0.1, -0.05) is 18.2 Å². The van der Waals surface area contributed by atoms with Gasteiger partial charge < -0.3 is 24.8 Å². The Hall–Kier alpha value is -3.00. The summed E-state index contributed by atoms with van der Waals surface area (Å²) < 4.78 is 10.5. The maximum atomic E-state index is 12.3. The van der Waals surface area contributed by atoms with Crippen LogP contribution in [0, 0.1) is 0 Å². The van der Waals surface area contributed by atoms with Crippen molar-refractivity contribution in [3.63, 3.8) is 0 Å². The second-order valence-corrected chi connectivity index (χ2v) is 5.86. The van der Waals surface area contributed by atoms with Gasteiger partial charge in [0.1, 0.15) is 17.1 Å². The summed E-state index contributed by atoms with van der Waals surface area (Å²) in [6, 6.07) is 10.9. The van der Waals surface area contributed by atoms with Crippen LogP contribution in [0.3, 0.4) is 0 Å². The number of ether oxygens (including phenoxy) is 1. The first-order valence-electron chi connectivity index (χ1n) is 8.23. The van der Waals surface area contributed by atoms with Crippen molar-refractivity contribution in [3.8, 4) is 11.5 Å². The highest BCUT2D eigenvalue weighted by Crippen LogP contribution is 2.30. The van der Waals surface area contributed by atoms with E-state index < -0.39 is 24.9 Å². The summed E-state index contributed by atoms with van der Waals surface area (Å²) in [6.07, 6.45) is 0.286. The van der Waals surface area contributed by atoms with E-state index in [1.54, 1.807) is 37.3 Å². The molecular weight excluding hydrogens is 337 g/mol. The molecule has 1 atom stereocenters. The molecule has 26 heavy (non-hydrogen) atoms. The third-order valence-corrected chi connectivity index (χ3v) is 4.04. The minimum atomic E-state index is -1.32. The lowest BCUT2D eigenvalue weighted by molar-refractivity contribution is 0.0523. The van der Waals surface area contributed by atoms with E-state index in [1.807, 2.05) is 0 Å². The van der Waals surface area contributed by atoms with E-state index in [4.69, 9.17) is 9.39 Å². The normalized spacial score (nSPS) is 15.6. The van der Waals surface area contributed by atoms with Crippen molar-refractivity contribution in [1.29, 1.82) is 0 Å². The van der Waals surface area contributed by atoms with Crippen LogP contribution in [0.4, 0.5) is 0 Å². The monoisotopic (exact) mass is 355 g/mol. The van der Waals surface area contributed by atoms with E-state index >= 15 is 0 Å². The van der Waals surface area contributed by atoms with Crippen LogP contribution in [0.5, 0.6) is 11.5 Å². The number of fused-ring (bicyclic) bond motifs is 1. The lowest BCUT2D eigenvalue weighted by atomic mass is 9.72. The SMILES string of the molecule is CCOC(=O)c1cccc2c1OB(O)[C@@H](NC(=O)c1cccc(O)c1)C2. The standard InChI is InChI=1S/C18H18BNO6/c1-2-25-18(23)14-8-4-5-11-10-15(19(24)26-16(11)14)20-17(22)12-6-3-7-13(21)9-12/h3-9,15,21,24H,2,10H2,1H3,(H,20,22)/t15-/m0/s1. The van der Waals surface area contributed by atoms with Crippen LogP contribution in [0.2, 0.25) is 0 Å². The molecule has 1 aliphatic heterocycles. The van der Waals surface area contributed by atoms with Crippen molar-refractivity contribution >= 4 is 19.0 Å². The fourth-order valence-electron chi connectivity index (χ4n) is 2.82. The van der Waals surface area contributed by atoms with Crippen molar-refractivity contribution in [1.82, 2.24) is 5.32 Å². The highest BCUT2D eigenvalue weighted by Gasteiger charge is 2.38. The number of carbonyl (C=O) groups excluding carboxylic acids is 2. The van der Waals surface area contributed by atoms with Gasteiger partial charge in [0.2, 0.25) is 0 Å². The first-order valence-corrected chi connectivity index (χ1v) is 8.23. The summed E-state index contributed by atoms with van der Waals surface area (Å²) in [4.78, 5) is 24.3. The quantitative estimate of drug-likeness (QED) is 0.564. The lowest BCUT2D eigenvalue weighted by Gasteiger charge is -2.29. The van der Waals surface area contributed by atoms with Crippen LogP contribution in [-0.2, 0) is 11.2 Å². The molecule has 2 aromatic rings. The number of carbonyl (C=O) groups is 2. The first-order chi connectivity index (χ1) is 12.5. The van der Waals surface area contributed by atoms with Gasteiger partial charge in [-0.2, -0.15) is 0 Å². The van der Waals surface area contributed by atoms with Crippen molar-refractivity contribution < 1.29 is 29.1 Å². The van der Waals surface area contributed by atoms with Gasteiger partial charge in [0.15, 0.2) is 0 Å². The zero-order chi connectivity index (χ0) is 18.7. The molecule has 0 radical (unpaired) electrons. The Morgan fingerprint density at radius 2 is 2.08 bits per heavy atom. The Morgan fingerprint density at radius 3 is 2.81 bits per heavy atom. The van der Waals surface area contributed by atoms with Crippen LogP contribution in [0.25, 0.3) is 0 Å². The van der Waals surface area contributed by atoms with Gasteiger partial charge in [-0.15, -0.1) is 0 Å². The molecule has 0 saturated heterocycles. The number of nitrogens with one attached hydrogen (secondary N) is 1. The molecule has 0 fully saturated rings. The molecule has 3 N–H and O–H groups in total. The van der Waals surface area contributed by atoms with Crippen LogP contribution in [0.15, 0.2) is 42.5 Å². The summed E-state index contributed by atoms with van der Waals surface area (Å²) in [6.45, 7) is 1.93. The molecule has 134 valence electrons. The Bertz CT molecular complexity index is 840. The number of amides is 1. The lowest BCUT2D eigenvalue weighted by Crippen LogP contribution is -2.53.